The van der Waals surface area contributed by atoms with Crippen molar-refractivity contribution in [2.45, 2.75) is 64.7 Å². The van der Waals surface area contributed by atoms with Gasteiger partial charge in [0.25, 0.3) is 11.4 Å². The van der Waals surface area contributed by atoms with Crippen LogP contribution < -0.4 is 11.5 Å². The van der Waals surface area contributed by atoms with Crippen LogP contribution in [0.2, 0.25) is 0 Å². The number of aromatic amines is 4. The Morgan fingerprint density at radius 1 is 0.579 bits per heavy atom. The minimum atomic E-state index is -0.396. The number of hydrogen-bond donors (Lipinski definition) is 7. The van der Waals surface area contributed by atoms with E-state index >= 15 is 0 Å². The number of rotatable bonds is 13. The molecule has 26 heteroatoms. The zero-order valence-corrected chi connectivity index (χ0v) is 61.4. The van der Waals surface area contributed by atoms with Gasteiger partial charge in [-0.1, -0.05) is 45.0 Å². The summed E-state index contributed by atoms with van der Waals surface area (Å²) in [5.74, 6) is 2.43. The third-order valence-electron chi connectivity index (χ3n) is 17.0. The van der Waals surface area contributed by atoms with Crippen LogP contribution >= 0.6 is 107 Å². The molecule has 18 nitrogen and oxygen atoms in total. The summed E-state index contributed by atoms with van der Waals surface area (Å²) in [5, 5.41) is 39.7. The molecule has 14 rings (SSSR count). The summed E-state index contributed by atoms with van der Waals surface area (Å²) in [6.45, 7) is 16.8. The van der Waals surface area contributed by atoms with Gasteiger partial charge in [-0.25, -0.2) is 9.98 Å². The van der Waals surface area contributed by atoms with Gasteiger partial charge in [0.05, 0.1) is 35.9 Å². The summed E-state index contributed by atoms with van der Waals surface area (Å²) < 4.78 is 0. The smallest absolute Gasteiger partial charge is 0.270 e. The van der Waals surface area contributed by atoms with Crippen LogP contribution in [0.15, 0.2) is 172 Å². The molecule has 0 radical (unpaired) electrons. The maximum Gasteiger partial charge on any atom is 0.270 e. The van der Waals surface area contributed by atoms with Gasteiger partial charge < -0.3 is 41.2 Å². The van der Waals surface area contributed by atoms with Crippen molar-refractivity contribution in [3.8, 4) is 0 Å². The quantitative estimate of drug-likeness (QED) is 0.0189. The zero-order valence-electron chi connectivity index (χ0n) is 53.3. The average Bonchev–Trinajstić information content (AvgIpc) is 1.72. The minimum Gasteiger partial charge on any atom is -0.383 e. The number of thioether (sulfide) groups is 1. The number of non-ortho nitro benzene ring substituents is 2. The van der Waals surface area contributed by atoms with Crippen molar-refractivity contribution < 1.29 is 9.85 Å². The van der Waals surface area contributed by atoms with Crippen molar-refractivity contribution in [2.24, 2.45) is 21.5 Å². The molecule has 10 heterocycles. The molecule has 0 bridgehead atoms. The summed E-state index contributed by atoms with van der Waals surface area (Å²) >= 11 is 6.32. The lowest BCUT2D eigenvalue weighted by Gasteiger charge is -2.30. The van der Waals surface area contributed by atoms with Gasteiger partial charge in [-0.2, -0.15) is 0 Å². The topological polar surface area (TPSA) is 260 Å². The molecule has 0 saturated carbocycles. The Balaban J connectivity index is 0.000000194. The number of aliphatic imine (C=N–C) groups is 2. The number of nitro groups is 2. The number of benzene rings is 4. The van der Waals surface area contributed by atoms with Crippen molar-refractivity contribution >= 4 is 196 Å². The lowest BCUT2D eigenvalue weighted by atomic mass is 9.89. The molecule has 95 heavy (non-hydrogen) atoms. The number of piperidine rings is 2. The fourth-order valence-corrected chi connectivity index (χ4v) is 14.3. The van der Waals surface area contributed by atoms with E-state index in [1.807, 2.05) is 83.2 Å². The van der Waals surface area contributed by atoms with E-state index in [4.69, 9.17) is 16.9 Å². The molecule has 0 atom stereocenters. The molecule has 0 spiro atoms. The van der Waals surface area contributed by atoms with E-state index < -0.39 is 4.92 Å². The summed E-state index contributed by atoms with van der Waals surface area (Å²) in [6.07, 6.45) is 18.1. The van der Waals surface area contributed by atoms with Crippen LogP contribution in [0.3, 0.4) is 0 Å². The fourth-order valence-electron chi connectivity index (χ4n) is 11.8. The fraction of sp³-hybridized carbons (Fsp3) is 0.290. The van der Waals surface area contributed by atoms with E-state index in [1.165, 1.54) is 114 Å². The second-order valence-corrected chi connectivity index (χ2v) is 26.1. The number of amidine groups is 2. The van der Waals surface area contributed by atoms with E-state index in [1.54, 1.807) is 64.5 Å². The number of nitrogens with zero attached hydrogens (tertiary/aromatic N) is 7. The SMILES string of the molecule is CCN1CC=C(c2c[nH]c3ccc([N+](=O)[O-])cc23)CC1.CCN1CCC(c2c[nH]c3ccc(N=C(N)c4cccs4)cc23)CC1.CCN1CCC(c2c[nH]c3ccc(N=C(N)c4cccs4)cc23)CC1.CSC(=N)c1cccs1.Cl.Cl.Cl.I.O=[N+]([O-])c1ccc2[nH]ccc2c1. The number of likely N-dealkylation sites (N-methyl/N-ethyl adjacent to an activating group) is 1. The number of halogens is 4. The molecule has 0 aliphatic carbocycles. The van der Waals surface area contributed by atoms with Gasteiger partial charge >= 0.3 is 0 Å². The van der Waals surface area contributed by atoms with Gasteiger partial charge in [-0.3, -0.25) is 30.5 Å². The first-order valence-electron chi connectivity index (χ1n) is 30.8. The number of H-pyrrole nitrogens is 4. The molecule has 9 N–H and O–H groups in total. The van der Waals surface area contributed by atoms with Crippen molar-refractivity contribution in [3.05, 3.63) is 214 Å². The molecule has 2 fully saturated rings. The second kappa shape index (κ2) is 37.6. The summed E-state index contributed by atoms with van der Waals surface area (Å²) in [5.41, 5.74) is 23.9. The number of likely N-dealkylation sites (tertiary alicyclic amines) is 2. The van der Waals surface area contributed by atoms with Crippen molar-refractivity contribution in [2.75, 3.05) is 65.2 Å². The Morgan fingerprint density at radius 3 is 1.47 bits per heavy atom. The van der Waals surface area contributed by atoms with Gasteiger partial charge in [-0.05, 0) is 202 Å². The highest BCUT2D eigenvalue weighted by Crippen LogP contribution is 2.37. The highest BCUT2D eigenvalue weighted by atomic mass is 127. The third-order valence-corrected chi connectivity index (χ3v) is 20.5. The predicted molar refractivity (Wildman–Crippen MR) is 421 cm³/mol. The number of nitrogens with one attached hydrogen (secondary N) is 5. The standard InChI is InChI=1S/2C20H24N4S.C15H17N3O2.C8H6N2O2.C6H7NS2.3ClH.HI/c2*1-2-24-9-7-14(8-10-24)17-13-22-18-6-5-15(12-16(17)18)23-20(21)19-4-3-11-25-19;1-2-17-7-5-11(6-8-17)14-10-16-15-4-3-12(18(19)20)9-13(14)15;11-10(12)7-1-2-8-6(5-7)3-4-9-8;1-8-6(7)5-3-2-4-9-5;;;;/h2*3-6,11-14,22H,2,7-10H2,1H3,(H2,21,23);3-5,9-10,16H,2,6-8H2,1H3;1-5,9H;2-4,7H,1H3;4*1H. The van der Waals surface area contributed by atoms with E-state index in [2.05, 4.69) is 108 Å². The molecule has 3 aliphatic heterocycles. The van der Waals surface area contributed by atoms with Crippen LogP contribution in [0, 0.1) is 25.6 Å². The van der Waals surface area contributed by atoms with Crippen molar-refractivity contribution in [3.63, 3.8) is 0 Å². The lowest BCUT2D eigenvalue weighted by molar-refractivity contribution is -0.384. The molecule has 0 unspecified atom stereocenters. The summed E-state index contributed by atoms with van der Waals surface area (Å²) in [6, 6.07) is 36.1. The normalized spacial score (nSPS) is 14.8. The molecule has 2 saturated heterocycles. The minimum absolute atomic E-state index is 0. The Bertz CT molecular complexity index is 4150. The van der Waals surface area contributed by atoms with Gasteiger partial charge in [0, 0.05) is 111 Å². The Hall–Kier alpha value is -6.88. The van der Waals surface area contributed by atoms with Crippen LogP contribution in [0.1, 0.15) is 96.0 Å². The van der Waals surface area contributed by atoms with Gasteiger partial charge in [0.2, 0.25) is 0 Å². The number of nitro benzene ring substituents is 2. The Labute approximate surface area is 605 Å². The first-order chi connectivity index (χ1) is 44.3. The van der Waals surface area contributed by atoms with Gasteiger partial charge in [-0.15, -0.1) is 107 Å². The molecular formula is C69H82Cl3IN14O4S4. The van der Waals surface area contributed by atoms with E-state index in [0.717, 1.165) is 92.5 Å². The van der Waals surface area contributed by atoms with Crippen LogP contribution in [-0.2, 0) is 0 Å². The second-order valence-electron chi connectivity index (χ2n) is 22.4. The molecule has 504 valence electrons. The lowest BCUT2D eigenvalue weighted by Crippen LogP contribution is -2.32. The molecule has 7 aromatic heterocycles. The van der Waals surface area contributed by atoms with Crippen molar-refractivity contribution in [1.82, 2.24) is 34.6 Å². The van der Waals surface area contributed by atoms with E-state index in [0.29, 0.717) is 28.6 Å². The number of thiophene rings is 3. The van der Waals surface area contributed by atoms with Crippen LogP contribution in [0.4, 0.5) is 22.7 Å². The highest BCUT2D eigenvalue weighted by Gasteiger charge is 2.24. The van der Waals surface area contributed by atoms with Gasteiger partial charge in [0.15, 0.2) is 0 Å². The first-order valence-corrected chi connectivity index (χ1v) is 34.6. The van der Waals surface area contributed by atoms with Gasteiger partial charge in [0.1, 0.15) is 16.7 Å². The third kappa shape index (κ3) is 20.1. The zero-order chi connectivity index (χ0) is 63.8. The monoisotopic (exact) mass is 1530 g/mol. The molecule has 11 aromatic rings. The average molecular weight is 1530 g/mol. The first kappa shape index (κ1) is 77.1. The molecule has 4 aromatic carbocycles. The summed E-state index contributed by atoms with van der Waals surface area (Å²) in [4.78, 5) is 53.3. The van der Waals surface area contributed by atoms with E-state index in [-0.39, 0.29) is 77.5 Å². The van der Waals surface area contributed by atoms with E-state index in [9.17, 15) is 20.2 Å². The van der Waals surface area contributed by atoms with Crippen molar-refractivity contribution in [1.29, 1.82) is 5.41 Å². The highest BCUT2D eigenvalue weighted by molar-refractivity contribution is 14.0. The predicted octanol–water partition coefficient (Wildman–Crippen LogP) is 18.5. The molecular weight excluding hydrogens is 1450 g/mol. The number of hydrogen-bond acceptors (Lipinski definition) is 14. The largest absolute Gasteiger partial charge is 0.383 e. The molecule has 0 amide bonds. The molecule has 3 aliphatic rings. The summed E-state index contributed by atoms with van der Waals surface area (Å²) in [7, 11) is 0. The Morgan fingerprint density at radius 2 is 1.03 bits per heavy atom. The number of nitrogens with two attached hydrogens (primary N) is 2. The Kier molecular flexibility index (Phi) is 30.5. The maximum atomic E-state index is 10.9. The van der Waals surface area contributed by atoms with Crippen LogP contribution in [-0.4, -0.2) is 126 Å². The van der Waals surface area contributed by atoms with Crippen LogP contribution in [0.5, 0.6) is 0 Å². The maximum absolute atomic E-state index is 10.9. The van der Waals surface area contributed by atoms with Crippen LogP contribution in [0.25, 0.3) is 49.2 Å². The number of aromatic nitrogens is 4. The number of fused-ring (bicyclic) bond motifs is 4.